The molecule has 0 spiro atoms. The molecule has 0 aliphatic heterocycles. The first-order chi connectivity index (χ1) is 7.40. The van der Waals surface area contributed by atoms with Crippen molar-refractivity contribution >= 4 is 11.0 Å². The fourth-order valence-electron chi connectivity index (χ4n) is 2.14. The van der Waals surface area contributed by atoms with E-state index in [1.54, 1.807) is 7.11 Å². The van der Waals surface area contributed by atoms with Crippen LogP contribution in [-0.4, -0.2) is 16.8 Å². The van der Waals surface area contributed by atoms with Gasteiger partial charge in [0.2, 0.25) is 0 Å². The van der Waals surface area contributed by atoms with Gasteiger partial charge in [-0.05, 0) is 25.0 Å². The van der Waals surface area contributed by atoms with E-state index in [-0.39, 0.29) is 0 Å². The first kappa shape index (κ1) is 8.77. The highest BCUT2D eigenvalue weighted by Crippen LogP contribution is 2.36. The molecule has 0 amide bonds. The zero-order valence-corrected chi connectivity index (χ0v) is 8.81. The van der Waals surface area contributed by atoms with Crippen LogP contribution in [0.5, 0.6) is 0 Å². The number of aromatic nitrogens is 2. The number of rotatable bonds is 2. The molecule has 0 bridgehead atoms. The van der Waals surface area contributed by atoms with Gasteiger partial charge in [0.25, 0.3) is 0 Å². The lowest BCUT2D eigenvalue weighted by Crippen LogP contribution is -2.18. The predicted molar refractivity (Wildman–Crippen MR) is 58.8 cm³/mol. The monoisotopic (exact) mass is 202 g/mol. The maximum absolute atomic E-state index is 5.41. The molecule has 1 aliphatic rings. The molecule has 0 radical (unpaired) electrons. The number of nitrogens with zero attached hydrogens (tertiary/aromatic N) is 2. The maximum atomic E-state index is 5.41. The first-order valence-corrected chi connectivity index (χ1v) is 5.42. The molecule has 1 aromatic carbocycles. The molecule has 3 rings (SSSR count). The summed E-state index contributed by atoms with van der Waals surface area (Å²) in [4.78, 5) is 10.1. The van der Waals surface area contributed by atoms with Crippen LogP contribution in [0, 0.1) is 0 Å². The van der Waals surface area contributed by atoms with Crippen molar-refractivity contribution in [2.24, 2.45) is 0 Å². The van der Waals surface area contributed by atoms with Gasteiger partial charge in [-0.3, -0.25) is 0 Å². The Morgan fingerprint density at radius 1 is 1.33 bits per heavy atom. The molecule has 1 aliphatic carbocycles. The minimum atomic E-state index is 0.595. The van der Waals surface area contributed by atoms with E-state index in [1.807, 2.05) is 29.0 Å². The Labute approximate surface area is 88.6 Å². The second-order valence-electron chi connectivity index (χ2n) is 4.06. The number of hydrogen-bond acceptors (Lipinski definition) is 2. The summed E-state index contributed by atoms with van der Waals surface area (Å²) in [6.07, 6.45) is 3.80. The van der Waals surface area contributed by atoms with Gasteiger partial charge in [0, 0.05) is 5.92 Å². The summed E-state index contributed by atoms with van der Waals surface area (Å²) >= 11 is 0. The quantitative estimate of drug-likeness (QED) is 0.747. The van der Waals surface area contributed by atoms with Crippen LogP contribution in [0.25, 0.3) is 11.0 Å². The Morgan fingerprint density at radius 2 is 2.13 bits per heavy atom. The molecule has 3 heteroatoms. The standard InChI is InChI=1S/C12H14N2O/c1-15-14-11-8-3-2-7-10(11)13-12(14)9-5-4-6-9/h2-3,7-9H,4-6H2,1H3. The predicted octanol–water partition coefficient (Wildman–Crippen LogP) is 2.36. The summed E-state index contributed by atoms with van der Waals surface area (Å²) in [5, 5.41) is 0. The van der Waals surface area contributed by atoms with Crippen molar-refractivity contribution in [1.29, 1.82) is 0 Å². The Hall–Kier alpha value is -1.51. The van der Waals surface area contributed by atoms with Crippen LogP contribution in [0.1, 0.15) is 31.0 Å². The number of hydrogen-bond donors (Lipinski definition) is 0. The Balaban J connectivity index is 2.19. The minimum absolute atomic E-state index is 0.595. The van der Waals surface area contributed by atoms with Crippen molar-refractivity contribution < 1.29 is 4.84 Å². The van der Waals surface area contributed by atoms with E-state index >= 15 is 0 Å². The van der Waals surface area contributed by atoms with Crippen LogP contribution in [-0.2, 0) is 0 Å². The van der Waals surface area contributed by atoms with Crippen LogP contribution < -0.4 is 4.84 Å². The number of fused-ring (bicyclic) bond motifs is 1. The molecule has 15 heavy (non-hydrogen) atoms. The third-order valence-electron chi connectivity index (χ3n) is 3.20. The van der Waals surface area contributed by atoms with Gasteiger partial charge < -0.3 is 4.84 Å². The molecular weight excluding hydrogens is 188 g/mol. The molecule has 1 saturated carbocycles. The maximum Gasteiger partial charge on any atom is 0.149 e. The average Bonchev–Trinajstić information content (AvgIpc) is 2.53. The zero-order chi connectivity index (χ0) is 10.3. The van der Waals surface area contributed by atoms with Crippen molar-refractivity contribution in [3.63, 3.8) is 0 Å². The summed E-state index contributed by atoms with van der Waals surface area (Å²) in [6.45, 7) is 0. The lowest BCUT2D eigenvalue weighted by atomic mass is 9.85. The van der Waals surface area contributed by atoms with E-state index in [0.29, 0.717) is 5.92 Å². The number of benzene rings is 1. The molecular formula is C12H14N2O. The molecule has 1 heterocycles. The fourth-order valence-corrected chi connectivity index (χ4v) is 2.14. The average molecular weight is 202 g/mol. The molecule has 0 unspecified atom stereocenters. The third-order valence-corrected chi connectivity index (χ3v) is 3.20. The molecule has 0 atom stereocenters. The van der Waals surface area contributed by atoms with E-state index < -0.39 is 0 Å². The third kappa shape index (κ3) is 1.23. The fraction of sp³-hybridized carbons (Fsp3) is 0.417. The number of para-hydroxylation sites is 2. The summed E-state index contributed by atoms with van der Waals surface area (Å²) in [7, 11) is 1.70. The summed E-state index contributed by atoms with van der Waals surface area (Å²) in [5.41, 5.74) is 2.10. The summed E-state index contributed by atoms with van der Waals surface area (Å²) < 4.78 is 1.87. The van der Waals surface area contributed by atoms with Gasteiger partial charge in [-0.25, -0.2) is 4.98 Å². The molecule has 0 N–H and O–H groups in total. The highest BCUT2D eigenvalue weighted by Gasteiger charge is 2.26. The van der Waals surface area contributed by atoms with E-state index in [1.165, 1.54) is 19.3 Å². The van der Waals surface area contributed by atoms with Crippen molar-refractivity contribution in [3.05, 3.63) is 30.1 Å². The van der Waals surface area contributed by atoms with Crippen molar-refractivity contribution in [2.75, 3.05) is 7.11 Å². The topological polar surface area (TPSA) is 27.1 Å². The van der Waals surface area contributed by atoms with Crippen LogP contribution in [0.15, 0.2) is 24.3 Å². The largest absolute Gasteiger partial charge is 0.415 e. The van der Waals surface area contributed by atoms with Gasteiger partial charge >= 0.3 is 0 Å². The van der Waals surface area contributed by atoms with Crippen LogP contribution >= 0.6 is 0 Å². The van der Waals surface area contributed by atoms with Gasteiger partial charge in [0.1, 0.15) is 18.5 Å². The molecule has 3 nitrogen and oxygen atoms in total. The molecule has 1 aromatic heterocycles. The SMILES string of the molecule is COn1c(C2CCC2)nc2ccccc21. The van der Waals surface area contributed by atoms with Crippen LogP contribution in [0.4, 0.5) is 0 Å². The second kappa shape index (κ2) is 3.26. The van der Waals surface area contributed by atoms with E-state index in [9.17, 15) is 0 Å². The Morgan fingerprint density at radius 3 is 2.80 bits per heavy atom. The molecule has 1 fully saturated rings. The van der Waals surface area contributed by atoms with Gasteiger partial charge in [0.15, 0.2) is 0 Å². The number of imidazole rings is 1. The van der Waals surface area contributed by atoms with Crippen LogP contribution in [0.2, 0.25) is 0 Å². The van der Waals surface area contributed by atoms with Crippen molar-refractivity contribution in [1.82, 2.24) is 9.71 Å². The zero-order valence-electron chi connectivity index (χ0n) is 8.81. The van der Waals surface area contributed by atoms with Gasteiger partial charge in [-0.1, -0.05) is 18.6 Å². The van der Waals surface area contributed by atoms with E-state index in [2.05, 4.69) is 4.98 Å². The second-order valence-corrected chi connectivity index (χ2v) is 4.06. The molecule has 78 valence electrons. The summed E-state index contributed by atoms with van der Waals surface area (Å²) in [6, 6.07) is 8.12. The minimum Gasteiger partial charge on any atom is -0.415 e. The van der Waals surface area contributed by atoms with E-state index in [4.69, 9.17) is 4.84 Å². The lowest BCUT2D eigenvalue weighted by molar-refractivity contribution is 0.157. The highest BCUT2D eigenvalue weighted by molar-refractivity contribution is 5.75. The lowest BCUT2D eigenvalue weighted by Gasteiger charge is -2.24. The van der Waals surface area contributed by atoms with Gasteiger partial charge in [-0.2, -0.15) is 4.73 Å². The van der Waals surface area contributed by atoms with Crippen LogP contribution in [0.3, 0.4) is 0 Å². The molecule has 0 saturated heterocycles. The smallest absolute Gasteiger partial charge is 0.149 e. The molecule has 2 aromatic rings. The highest BCUT2D eigenvalue weighted by atomic mass is 16.6. The first-order valence-electron chi connectivity index (χ1n) is 5.42. The van der Waals surface area contributed by atoms with E-state index in [0.717, 1.165) is 16.9 Å². The Bertz CT molecular complexity index is 485. The van der Waals surface area contributed by atoms with Crippen molar-refractivity contribution in [2.45, 2.75) is 25.2 Å². The summed E-state index contributed by atoms with van der Waals surface area (Å²) in [5.74, 6) is 1.68. The van der Waals surface area contributed by atoms with Gasteiger partial charge in [0.05, 0.1) is 5.52 Å². The normalized spacial score (nSPS) is 16.6. The Kier molecular flexibility index (Phi) is 1.91. The van der Waals surface area contributed by atoms with Gasteiger partial charge in [-0.15, -0.1) is 0 Å². The van der Waals surface area contributed by atoms with Crippen molar-refractivity contribution in [3.8, 4) is 0 Å².